The Hall–Kier alpha value is -1.46. The number of carbonyl (C=O) groups excluding carboxylic acids is 2. The molecule has 1 aliphatic rings. The van der Waals surface area contributed by atoms with Crippen molar-refractivity contribution in [2.24, 2.45) is 0 Å². The smallest absolute Gasteiger partial charge is 0.223 e. The van der Waals surface area contributed by atoms with E-state index in [-0.39, 0.29) is 54.8 Å². The third-order valence-electron chi connectivity index (χ3n) is 4.09. The van der Waals surface area contributed by atoms with Gasteiger partial charge in [-0.25, -0.2) is 4.39 Å². The minimum Gasteiger partial charge on any atom is -0.337 e. The summed E-state index contributed by atoms with van der Waals surface area (Å²) < 4.78 is 12.8. The van der Waals surface area contributed by atoms with Crippen LogP contribution in [0.4, 0.5) is 4.39 Å². The Morgan fingerprint density at radius 3 is 2.50 bits per heavy atom. The first kappa shape index (κ1) is 18.6. The van der Waals surface area contributed by atoms with Gasteiger partial charge in [-0.05, 0) is 38.1 Å². The third kappa shape index (κ3) is 4.52. The first-order valence-corrected chi connectivity index (χ1v) is 7.30. The van der Waals surface area contributed by atoms with Gasteiger partial charge in [0.25, 0.3) is 0 Å². The van der Waals surface area contributed by atoms with Crippen molar-refractivity contribution >= 4 is 24.1 Å². The lowest BCUT2D eigenvalue weighted by Gasteiger charge is -2.38. The molecule has 2 unspecified atom stereocenters. The molecule has 1 heterocycles. The second-order valence-corrected chi connectivity index (χ2v) is 5.50. The zero-order valence-electron chi connectivity index (χ0n) is 12.8. The fourth-order valence-corrected chi connectivity index (χ4v) is 2.55. The highest BCUT2D eigenvalue weighted by Gasteiger charge is 2.27. The van der Waals surface area contributed by atoms with Gasteiger partial charge in [-0.15, -0.1) is 12.4 Å². The van der Waals surface area contributed by atoms with E-state index in [0.29, 0.717) is 12.1 Å². The number of amides is 1. The highest BCUT2D eigenvalue weighted by atomic mass is 35.5. The summed E-state index contributed by atoms with van der Waals surface area (Å²) in [4.78, 5) is 26.0. The Bertz CT molecular complexity index is 521. The van der Waals surface area contributed by atoms with Gasteiger partial charge in [-0.3, -0.25) is 9.59 Å². The van der Waals surface area contributed by atoms with Gasteiger partial charge < -0.3 is 10.2 Å². The summed E-state index contributed by atoms with van der Waals surface area (Å²) in [5.41, 5.74) is 0.450. The molecular weight excluding hydrogens is 307 g/mol. The fourth-order valence-electron chi connectivity index (χ4n) is 2.55. The standard InChI is InChI=1S/C16H21FN2O2.ClH/c1-11-12(2)19(10-9-18-11)16(21)8-7-15(20)13-3-5-14(17)6-4-13;/h3-6,11-12,18H,7-10H2,1-2H3;1H. The van der Waals surface area contributed by atoms with E-state index in [2.05, 4.69) is 5.32 Å². The summed E-state index contributed by atoms with van der Waals surface area (Å²) >= 11 is 0. The topological polar surface area (TPSA) is 49.4 Å². The molecule has 1 saturated heterocycles. The minimum atomic E-state index is -0.369. The lowest BCUT2D eigenvalue weighted by Crippen LogP contribution is -2.57. The van der Waals surface area contributed by atoms with Crippen molar-refractivity contribution in [2.45, 2.75) is 38.8 Å². The third-order valence-corrected chi connectivity index (χ3v) is 4.09. The number of rotatable bonds is 4. The molecule has 2 rings (SSSR count). The van der Waals surface area contributed by atoms with Crippen LogP contribution < -0.4 is 5.32 Å². The number of carbonyl (C=O) groups is 2. The van der Waals surface area contributed by atoms with Crippen molar-refractivity contribution in [3.8, 4) is 0 Å². The van der Waals surface area contributed by atoms with Gasteiger partial charge in [0, 0.05) is 43.6 Å². The van der Waals surface area contributed by atoms with Gasteiger partial charge in [0.15, 0.2) is 5.78 Å². The van der Waals surface area contributed by atoms with Crippen LogP contribution in [0, 0.1) is 5.82 Å². The van der Waals surface area contributed by atoms with Gasteiger partial charge in [0.2, 0.25) is 5.91 Å². The van der Waals surface area contributed by atoms with Gasteiger partial charge in [-0.1, -0.05) is 0 Å². The maximum atomic E-state index is 12.8. The van der Waals surface area contributed by atoms with Crippen LogP contribution in [0.5, 0.6) is 0 Å². The Labute approximate surface area is 136 Å². The summed E-state index contributed by atoms with van der Waals surface area (Å²) in [6, 6.07) is 5.82. The van der Waals surface area contributed by atoms with Gasteiger partial charge in [0.05, 0.1) is 0 Å². The zero-order chi connectivity index (χ0) is 15.4. The lowest BCUT2D eigenvalue weighted by atomic mass is 10.0. The average Bonchev–Trinajstić information content (AvgIpc) is 2.48. The monoisotopic (exact) mass is 328 g/mol. The molecule has 1 fully saturated rings. The number of halogens is 2. The number of benzene rings is 1. The molecule has 1 aliphatic heterocycles. The van der Waals surface area contributed by atoms with Crippen molar-refractivity contribution in [2.75, 3.05) is 13.1 Å². The van der Waals surface area contributed by atoms with E-state index in [0.717, 1.165) is 6.54 Å². The molecular formula is C16H22ClFN2O2. The summed E-state index contributed by atoms with van der Waals surface area (Å²) in [6.45, 7) is 5.52. The molecule has 0 saturated carbocycles. The molecule has 0 aliphatic carbocycles. The van der Waals surface area contributed by atoms with Crippen LogP contribution in [0.2, 0.25) is 0 Å². The van der Waals surface area contributed by atoms with E-state index < -0.39 is 0 Å². The van der Waals surface area contributed by atoms with Crippen molar-refractivity contribution in [1.82, 2.24) is 10.2 Å². The van der Waals surface area contributed by atoms with Crippen LogP contribution in [0.15, 0.2) is 24.3 Å². The number of nitrogens with zero attached hydrogens (tertiary/aromatic N) is 1. The largest absolute Gasteiger partial charge is 0.337 e. The molecule has 0 bridgehead atoms. The Kier molecular flexibility index (Phi) is 6.97. The van der Waals surface area contributed by atoms with Crippen molar-refractivity contribution in [3.05, 3.63) is 35.6 Å². The highest BCUT2D eigenvalue weighted by Crippen LogP contribution is 2.13. The molecule has 2 atom stereocenters. The molecule has 0 aromatic heterocycles. The molecule has 1 aromatic carbocycles. The van der Waals surface area contributed by atoms with E-state index in [1.54, 1.807) is 0 Å². The summed E-state index contributed by atoms with van der Waals surface area (Å²) in [7, 11) is 0. The molecule has 22 heavy (non-hydrogen) atoms. The summed E-state index contributed by atoms with van der Waals surface area (Å²) in [6.07, 6.45) is 0.364. The van der Waals surface area contributed by atoms with Crippen LogP contribution in [0.3, 0.4) is 0 Å². The van der Waals surface area contributed by atoms with Gasteiger partial charge in [-0.2, -0.15) is 0 Å². The Morgan fingerprint density at radius 1 is 1.23 bits per heavy atom. The number of Topliss-reactive ketones (excluding diaryl/α,β-unsaturated/α-hetero) is 1. The number of ketones is 1. The Morgan fingerprint density at radius 2 is 1.86 bits per heavy atom. The second kappa shape index (κ2) is 8.25. The molecule has 0 radical (unpaired) electrons. The number of hydrogen-bond acceptors (Lipinski definition) is 3. The average molecular weight is 329 g/mol. The maximum absolute atomic E-state index is 12.8. The minimum absolute atomic E-state index is 0. The molecule has 1 N–H and O–H groups in total. The van der Waals surface area contributed by atoms with Crippen molar-refractivity contribution in [1.29, 1.82) is 0 Å². The van der Waals surface area contributed by atoms with E-state index >= 15 is 0 Å². The van der Waals surface area contributed by atoms with Crippen LogP contribution in [0.25, 0.3) is 0 Å². The molecule has 0 spiro atoms. The quantitative estimate of drug-likeness (QED) is 0.864. The van der Waals surface area contributed by atoms with Crippen LogP contribution >= 0.6 is 12.4 Å². The molecule has 6 heteroatoms. The Balaban J connectivity index is 0.00000242. The van der Waals surface area contributed by atoms with E-state index in [4.69, 9.17) is 0 Å². The van der Waals surface area contributed by atoms with Crippen LogP contribution in [-0.4, -0.2) is 41.8 Å². The first-order chi connectivity index (χ1) is 9.99. The lowest BCUT2D eigenvalue weighted by molar-refractivity contribution is -0.134. The number of hydrogen-bond donors (Lipinski definition) is 1. The molecule has 1 amide bonds. The molecule has 4 nitrogen and oxygen atoms in total. The zero-order valence-corrected chi connectivity index (χ0v) is 13.7. The fraction of sp³-hybridized carbons (Fsp3) is 0.500. The number of piperazine rings is 1. The molecule has 1 aromatic rings. The van der Waals surface area contributed by atoms with Gasteiger partial charge in [0.1, 0.15) is 5.82 Å². The van der Waals surface area contributed by atoms with E-state index in [1.165, 1.54) is 24.3 Å². The van der Waals surface area contributed by atoms with E-state index in [9.17, 15) is 14.0 Å². The van der Waals surface area contributed by atoms with Crippen LogP contribution in [-0.2, 0) is 4.79 Å². The summed E-state index contributed by atoms with van der Waals surface area (Å²) in [5.74, 6) is -0.489. The number of nitrogens with one attached hydrogen (secondary N) is 1. The predicted molar refractivity (Wildman–Crippen MR) is 85.9 cm³/mol. The predicted octanol–water partition coefficient (Wildman–Crippen LogP) is 2.42. The van der Waals surface area contributed by atoms with E-state index in [1.807, 2.05) is 18.7 Å². The van der Waals surface area contributed by atoms with Gasteiger partial charge >= 0.3 is 0 Å². The highest BCUT2D eigenvalue weighted by molar-refractivity contribution is 5.97. The first-order valence-electron chi connectivity index (χ1n) is 7.30. The molecule has 122 valence electrons. The van der Waals surface area contributed by atoms with Crippen molar-refractivity contribution < 1.29 is 14.0 Å². The van der Waals surface area contributed by atoms with Crippen LogP contribution in [0.1, 0.15) is 37.0 Å². The SMILES string of the molecule is CC1NCCN(C(=O)CCC(=O)c2ccc(F)cc2)C1C.Cl. The maximum Gasteiger partial charge on any atom is 0.223 e. The summed E-state index contributed by atoms with van der Waals surface area (Å²) in [5, 5.41) is 3.32. The second-order valence-electron chi connectivity index (χ2n) is 5.50. The van der Waals surface area contributed by atoms with Crippen molar-refractivity contribution in [3.63, 3.8) is 0 Å². The normalized spacial score (nSPS) is 21.1.